The molecule has 0 spiro atoms. The van der Waals surface area contributed by atoms with Crippen LogP contribution in [0.1, 0.15) is 41.9 Å². The third kappa shape index (κ3) is 4.23. The summed E-state index contributed by atoms with van der Waals surface area (Å²) in [6.07, 6.45) is 2.33. The molecule has 0 aliphatic carbocycles. The second-order valence-electron chi connectivity index (χ2n) is 8.43. The molecule has 1 amide bonds. The van der Waals surface area contributed by atoms with E-state index in [1.807, 2.05) is 29.7 Å². The minimum atomic E-state index is -0.878. The monoisotopic (exact) mass is 479 g/mol. The Morgan fingerprint density at radius 3 is 2.66 bits per heavy atom. The summed E-state index contributed by atoms with van der Waals surface area (Å²) in [5, 5.41) is 21.6. The Labute approximate surface area is 203 Å². The fourth-order valence-electron chi connectivity index (χ4n) is 4.48. The van der Waals surface area contributed by atoms with Gasteiger partial charge in [-0.25, -0.2) is 4.98 Å². The van der Waals surface area contributed by atoms with Crippen molar-refractivity contribution in [2.45, 2.75) is 33.2 Å². The molecule has 1 unspecified atom stereocenters. The number of methoxy groups -OCH3 is 1. The van der Waals surface area contributed by atoms with E-state index in [-0.39, 0.29) is 35.1 Å². The highest BCUT2D eigenvalue weighted by Crippen LogP contribution is 2.42. The van der Waals surface area contributed by atoms with Gasteiger partial charge in [0.15, 0.2) is 17.3 Å². The van der Waals surface area contributed by atoms with Crippen molar-refractivity contribution in [1.82, 2.24) is 14.3 Å². The van der Waals surface area contributed by atoms with Crippen molar-refractivity contribution < 1.29 is 29.3 Å². The quantitative estimate of drug-likeness (QED) is 0.220. The van der Waals surface area contributed by atoms with Crippen LogP contribution in [0.25, 0.3) is 11.4 Å². The molecule has 3 aromatic rings. The number of hydrogen-bond acceptors (Lipinski definition) is 7. The molecule has 0 radical (unpaired) electrons. The Bertz CT molecular complexity index is 1330. The number of aromatic hydroxyl groups is 1. The van der Waals surface area contributed by atoms with Crippen LogP contribution >= 0.6 is 0 Å². The van der Waals surface area contributed by atoms with Gasteiger partial charge in [-0.1, -0.05) is 12.1 Å². The predicted molar refractivity (Wildman–Crippen MR) is 129 cm³/mol. The van der Waals surface area contributed by atoms with Crippen molar-refractivity contribution in [1.29, 1.82) is 0 Å². The number of fused-ring (bicyclic) bond motifs is 1. The van der Waals surface area contributed by atoms with Gasteiger partial charge in [0.05, 0.1) is 23.9 Å². The molecule has 184 valence electrons. The molecule has 4 rings (SSSR count). The normalized spacial score (nSPS) is 17.5. The standard InChI is InChI=1S/C26H29N3O6/c1-5-35-19-14-17(9-10-18(19)30)22-20(24(32)26(33)29(22)12-7-13-34-4)23(31)21-16(3)28-11-6-8-15(2)25(28)27-21/h6,8-11,14,22,30-31H,5,7,12-13H2,1-4H3. The van der Waals surface area contributed by atoms with Crippen molar-refractivity contribution in [3.05, 3.63) is 64.6 Å². The highest BCUT2D eigenvalue weighted by molar-refractivity contribution is 6.46. The van der Waals surface area contributed by atoms with Crippen molar-refractivity contribution in [2.75, 3.05) is 26.9 Å². The maximum atomic E-state index is 13.3. The van der Waals surface area contributed by atoms with E-state index in [0.29, 0.717) is 36.5 Å². The van der Waals surface area contributed by atoms with E-state index in [9.17, 15) is 19.8 Å². The highest BCUT2D eigenvalue weighted by atomic mass is 16.5. The van der Waals surface area contributed by atoms with Crippen molar-refractivity contribution in [3.8, 4) is 11.5 Å². The number of nitrogens with zero attached hydrogens (tertiary/aromatic N) is 3. The van der Waals surface area contributed by atoms with E-state index in [0.717, 1.165) is 5.56 Å². The molecule has 9 heteroatoms. The first-order chi connectivity index (χ1) is 16.8. The van der Waals surface area contributed by atoms with Gasteiger partial charge in [0.2, 0.25) is 0 Å². The first kappa shape index (κ1) is 24.3. The molecule has 1 aliphatic heterocycles. The molecule has 1 atom stereocenters. The molecule has 1 saturated heterocycles. The van der Waals surface area contributed by atoms with E-state index >= 15 is 0 Å². The molecule has 1 fully saturated rings. The number of ketones is 1. The lowest BCUT2D eigenvalue weighted by Crippen LogP contribution is -2.31. The SMILES string of the molecule is CCOc1cc(C2C(=C(O)c3nc4c(C)cccn4c3C)C(=O)C(=O)N2CCCOC)ccc1O. The van der Waals surface area contributed by atoms with Gasteiger partial charge in [0, 0.05) is 26.5 Å². The number of carbonyl (C=O) groups excluding carboxylic acids is 2. The van der Waals surface area contributed by atoms with Crippen LogP contribution in [0.5, 0.6) is 11.5 Å². The number of benzene rings is 1. The summed E-state index contributed by atoms with van der Waals surface area (Å²) in [6.45, 7) is 6.47. The Morgan fingerprint density at radius 2 is 1.97 bits per heavy atom. The number of ether oxygens (including phenoxy) is 2. The third-order valence-corrected chi connectivity index (χ3v) is 6.20. The maximum absolute atomic E-state index is 13.3. The Morgan fingerprint density at radius 1 is 1.20 bits per heavy atom. The molecular formula is C26H29N3O6. The number of rotatable bonds is 8. The number of hydrogen-bond donors (Lipinski definition) is 2. The van der Waals surface area contributed by atoms with Gasteiger partial charge < -0.3 is 29.0 Å². The van der Waals surface area contributed by atoms with Gasteiger partial charge in [-0.2, -0.15) is 0 Å². The smallest absolute Gasteiger partial charge is 0.295 e. The summed E-state index contributed by atoms with van der Waals surface area (Å²) in [5.41, 5.74) is 2.92. The van der Waals surface area contributed by atoms with Gasteiger partial charge in [-0.05, 0) is 56.5 Å². The van der Waals surface area contributed by atoms with Gasteiger partial charge in [0.1, 0.15) is 11.3 Å². The Hall–Kier alpha value is -3.85. The number of Topliss-reactive ketones (excluding diaryl/α,β-unsaturated/α-hetero) is 1. The lowest BCUT2D eigenvalue weighted by atomic mass is 9.96. The summed E-state index contributed by atoms with van der Waals surface area (Å²) >= 11 is 0. The fraction of sp³-hybridized carbons (Fsp3) is 0.346. The fourth-order valence-corrected chi connectivity index (χ4v) is 4.48. The zero-order chi connectivity index (χ0) is 25.3. The topological polar surface area (TPSA) is 114 Å². The second kappa shape index (κ2) is 9.79. The average Bonchev–Trinajstić information content (AvgIpc) is 3.31. The van der Waals surface area contributed by atoms with Crippen LogP contribution in [0, 0.1) is 13.8 Å². The second-order valence-corrected chi connectivity index (χ2v) is 8.43. The van der Waals surface area contributed by atoms with E-state index < -0.39 is 17.7 Å². The summed E-state index contributed by atoms with van der Waals surface area (Å²) < 4.78 is 12.5. The zero-order valence-electron chi connectivity index (χ0n) is 20.2. The molecule has 0 bridgehead atoms. The minimum Gasteiger partial charge on any atom is -0.505 e. The number of aromatic nitrogens is 2. The van der Waals surface area contributed by atoms with E-state index in [1.54, 1.807) is 33.1 Å². The van der Waals surface area contributed by atoms with Crippen LogP contribution < -0.4 is 4.74 Å². The van der Waals surface area contributed by atoms with Gasteiger partial charge >= 0.3 is 0 Å². The molecule has 9 nitrogen and oxygen atoms in total. The summed E-state index contributed by atoms with van der Waals surface area (Å²) in [5.74, 6) is -1.67. The Kier molecular flexibility index (Phi) is 6.79. The number of amides is 1. The summed E-state index contributed by atoms with van der Waals surface area (Å²) in [6, 6.07) is 7.57. The largest absolute Gasteiger partial charge is 0.505 e. The number of aryl methyl sites for hydroxylation is 2. The average molecular weight is 480 g/mol. The molecule has 1 aromatic carbocycles. The molecule has 35 heavy (non-hydrogen) atoms. The van der Waals surface area contributed by atoms with Crippen molar-refractivity contribution in [3.63, 3.8) is 0 Å². The van der Waals surface area contributed by atoms with Crippen LogP contribution in [-0.2, 0) is 14.3 Å². The van der Waals surface area contributed by atoms with E-state index in [2.05, 4.69) is 4.98 Å². The van der Waals surface area contributed by atoms with E-state index in [4.69, 9.17) is 9.47 Å². The van der Waals surface area contributed by atoms with Crippen LogP contribution in [0.2, 0.25) is 0 Å². The molecular weight excluding hydrogens is 450 g/mol. The van der Waals surface area contributed by atoms with Crippen LogP contribution in [0.15, 0.2) is 42.1 Å². The molecule has 2 N–H and O–H groups in total. The minimum absolute atomic E-state index is 0.0512. The number of likely N-dealkylation sites (tertiary alicyclic amines) is 1. The molecule has 1 aliphatic rings. The number of imidazole rings is 1. The van der Waals surface area contributed by atoms with Gasteiger partial charge in [-0.15, -0.1) is 0 Å². The maximum Gasteiger partial charge on any atom is 0.295 e. The first-order valence-electron chi connectivity index (χ1n) is 11.5. The van der Waals surface area contributed by atoms with E-state index in [1.165, 1.54) is 11.0 Å². The zero-order valence-corrected chi connectivity index (χ0v) is 20.2. The van der Waals surface area contributed by atoms with Crippen molar-refractivity contribution >= 4 is 23.1 Å². The number of phenolic OH excluding ortho intramolecular Hbond substituents is 1. The molecule has 2 aromatic heterocycles. The van der Waals surface area contributed by atoms with Crippen LogP contribution in [0.4, 0.5) is 0 Å². The number of aliphatic hydroxyl groups excluding tert-OH is 1. The van der Waals surface area contributed by atoms with Crippen LogP contribution in [0.3, 0.4) is 0 Å². The number of aliphatic hydroxyl groups is 1. The first-order valence-corrected chi connectivity index (χ1v) is 11.5. The predicted octanol–water partition coefficient (Wildman–Crippen LogP) is 3.51. The Balaban J connectivity index is 1.91. The lowest BCUT2D eigenvalue weighted by Gasteiger charge is -2.25. The van der Waals surface area contributed by atoms with Crippen molar-refractivity contribution in [2.24, 2.45) is 0 Å². The number of carbonyl (C=O) groups is 2. The lowest BCUT2D eigenvalue weighted by molar-refractivity contribution is -0.140. The molecule has 3 heterocycles. The molecule has 0 saturated carbocycles. The third-order valence-electron chi connectivity index (χ3n) is 6.20. The van der Waals surface area contributed by atoms with Gasteiger partial charge in [0.25, 0.3) is 11.7 Å². The number of pyridine rings is 1. The van der Waals surface area contributed by atoms with Gasteiger partial charge in [-0.3, -0.25) is 9.59 Å². The van der Waals surface area contributed by atoms with Crippen LogP contribution in [-0.4, -0.2) is 63.1 Å². The summed E-state index contributed by atoms with van der Waals surface area (Å²) in [7, 11) is 1.56. The number of phenols is 1. The summed E-state index contributed by atoms with van der Waals surface area (Å²) in [4.78, 5) is 32.4. The highest BCUT2D eigenvalue weighted by Gasteiger charge is 2.46.